The van der Waals surface area contributed by atoms with Crippen LogP contribution in [0.2, 0.25) is 0 Å². The van der Waals surface area contributed by atoms with Crippen molar-refractivity contribution in [3.63, 3.8) is 0 Å². The van der Waals surface area contributed by atoms with Crippen molar-refractivity contribution in [2.24, 2.45) is 0 Å². The second kappa shape index (κ2) is 9.11. The van der Waals surface area contributed by atoms with Gasteiger partial charge in [-0.1, -0.05) is 6.42 Å². The summed E-state index contributed by atoms with van der Waals surface area (Å²) in [5, 5.41) is 28.8. The Bertz CT molecular complexity index is 219. The largest absolute Gasteiger partial charge is 0.481 e. The van der Waals surface area contributed by atoms with Crippen LogP contribution in [0.5, 0.6) is 0 Å². The molecule has 0 aliphatic carbocycles. The van der Waals surface area contributed by atoms with E-state index in [1.807, 2.05) is 0 Å². The number of hydrogen-bond donors (Lipinski definition) is 4. The molecule has 0 aromatic carbocycles. The zero-order valence-electron chi connectivity index (χ0n) is 9.19. The summed E-state index contributed by atoms with van der Waals surface area (Å²) in [4.78, 5) is 20.4. The fourth-order valence-electron chi connectivity index (χ4n) is 1.21. The van der Waals surface area contributed by atoms with Crippen molar-refractivity contribution in [3.05, 3.63) is 0 Å². The Morgan fingerprint density at radius 1 is 1.00 bits per heavy atom. The minimum Gasteiger partial charge on any atom is -0.481 e. The van der Waals surface area contributed by atoms with Crippen LogP contribution in [-0.2, 0) is 9.59 Å². The van der Waals surface area contributed by atoms with Gasteiger partial charge in [-0.05, 0) is 25.8 Å². The first-order chi connectivity index (χ1) is 7.52. The molecule has 4 N–H and O–H groups in total. The second-order valence-electron chi connectivity index (χ2n) is 3.61. The van der Waals surface area contributed by atoms with E-state index in [4.69, 9.17) is 10.2 Å². The summed E-state index contributed by atoms with van der Waals surface area (Å²) < 4.78 is 0. The van der Waals surface area contributed by atoms with Gasteiger partial charge >= 0.3 is 11.9 Å². The maximum Gasteiger partial charge on any atom is 0.303 e. The average Bonchev–Trinajstić information content (AvgIpc) is 2.19. The van der Waals surface area contributed by atoms with Crippen LogP contribution in [0.25, 0.3) is 0 Å². The van der Waals surface area contributed by atoms with Gasteiger partial charge in [-0.25, -0.2) is 0 Å². The van der Waals surface area contributed by atoms with Crippen molar-refractivity contribution in [1.29, 1.82) is 0 Å². The number of aliphatic hydroxyl groups is 1. The van der Waals surface area contributed by atoms with Gasteiger partial charge in [0.15, 0.2) is 0 Å². The van der Waals surface area contributed by atoms with Crippen molar-refractivity contribution in [1.82, 2.24) is 5.32 Å². The minimum atomic E-state index is -0.928. The van der Waals surface area contributed by atoms with Crippen LogP contribution in [0.1, 0.15) is 38.5 Å². The van der Waals surface area contributed by atoms with Crippen LogP contribution in [0.4, 0.5) is 0 Å². The third-order valence-corrected chi connectivity index (χ3v) is 2.08. The Labute approximate surface area is 94.3 Å². The number of nitrogens with one attached hydrogen (secondary N) is 1. The van der Waals surface area contributed by atoms with Crippen LogP contribution in [-0.4, -0.2) is 40.0 Å². The number of aliphatic hydroxyl groups excluding tert-OH is 1. The molecule has 0 aromatic heterocycles. The Kier molecular flexibility index (Phi) is 8.46. The SMILES string of the molecule is O=C(O)CCCCCNC(O)CCC(=O)O. The molecule has 0 bridgehead atoms. The van der Waals surface area contributed by atoms with Crippen molar-refractivity contribution in [3.8, 4) is 0 Å². The van der Waals surface area contributed by atoms with Gasteiger partial charge in [0.2, 0.25) is 0 Å². The Balaban J connectivity index is 3.24. The van der Waals surface area contributed by atoms with E-state index in [2.05, 4.69) is 5.32 Å². The van der Waals surface area contributed by atoms with Gasteiger partial charge in [-0.3, -0.25) is 14.9 Å². The number of carbonyl (C=O) groups is 2. The highest BCUT2D eigenvalue weighted by Gasteiger charge is 2.05. The molecule has 0 saturated heterocycles. The lowest BCUT2D eigenvalue weighted by Gasteiger charge is -2.10. The molecule has 6 heteroatoms. The van der Waals surface area contributed by atoms with E-state index >= 15 is 0 Å². The van der Waals surface area contributed by atoms with Gasteiger partial charge in [-0.2, -0.15) is 0 Å². The number of carboxylic acid groups (broad SMARTS) is 2. The van der Waals surface area contributed by atoms with Crippen molar-refractivity contribution < 1.29 is 24.9 Å². The topological polar surface area (TPSA) is 107 Å². The van der Waals surface area contributed by atoms with E-state index in [0.717, 1.165) is 12.8 Å². The summed E-state index contributed by atoms with van der Waals surface area (Å²) in [7, 11) is 0. The lowest BCUT2D eigenvalue weighted by atomic mass is 10.2. The molecule has 0 fully saturated rings. The first-order valence-corrected chi connectivity index (χ1v) is 5.37. The third-order valence-electron chi connectivity index (χ3n) is 2.08. The van der Waals surface area contributed by atoms with E-state index in [0.29, 0.717) is 13.0 Å². The van der Waals surface area contributed by atoms with Crippen molar-refractivity contribution in [2.75, 3.05) is 6.54 Å². The molecule has 1 unspecified atom stereocenters. The van der Waals surface area contributed by atoms with E-state index in [1.165, 1.54) is 0 Å². The third kappa shape index (κ3) is 10.9. The van der Waals surface area contributed by atoms with E-state index in [1.54, 1.807) is 0 Å². The van der Waals surface area contributed by atoms with Gasteiger partial charge in [-0.15, -0.1) is 0 Å². The zero-order chi connectivity index (χ0) is 12.4. The number of hydrogen-bond acceptors (Lipinski definition) is 4. The number of carboxylic acids is 2. The quantitative estimate of drug-likeness (QED) is 0.321. The smallest absolute Gasteiger partial charge is 0.303 e. The molecule has 0 amide bonds. The minimum absolute atomic E-state index is 0.0623. The molecule has 0 heterocycles. The van der Waals surface area contributed by atoms with Gasteiger partial charge in [0, 0.05) is 12.8 Å². The molecule has 6 nitrogen and oxygen atoms in total. The molecule has 0 saturated carbocycles. The van der Waals surface area contributed by atoms with Crippen molar-refractivity contribution in [2.45, 2.75) is 44.8 Å². The standard InChI is InChI=1S/C10H19NO5/c12-8(5-6-10(15)16)11-7-3-1-2-4-9(13)14/h8,11-12H,1-7H2,(H,13,14)(H,15,16). The summed E-state index contributed by atoms with van der Waals surface area (Å²) in [6.07, 6.45) is 1.68. The van der Waals surface area contributed by atoms with E-state index in [-0.39, 0.29) is 19.3 Å². The first kappa shape index (κ1) is 14.9. The first-order valence-electron chi connectivity index (χ1n) is 5.37. The molecular weight excluding hydrogens is 214 g/mol. The normalized spacial score (nSPS) is 12.3. The summed E-state index contributed by atoms with van der Waals surface area (Å²) in [6.45, 7) is 0.570. The van der Waals surface area contributed by atoms with Gasteiger partial charge in [0.1, 0.15) is 6.23 Å². The Hall–Kier alpha value is -1.14. The van der Waals surface area contributed by atoms with Gasteiger partial charge < -0.3 is 15.3 Å². The second-order valence-corrected chi connectivity index (χ2v) is 3.61. The summed E-state index contributed by atoms with van der Waals surface area (Å²) in [5.41, 5.74) is 0. The predicted molar refractivity (Wildman–Crippen MR) is 57.0 cm³/mol. The highest BCUT2D eigenvalue weighted by Crippen LogP contribution is 2.00. The zero-order valence-corrected chi connectivity index (χ0v) is 9.19. The molecule has 0 aromatic rings. The predicted octanol–water partition coefficient (Wildman–Crippen LogP) is 0.404. The summed E-state index contributed by atoms with van der Waals surface area (Å²) in [5.74, 6) is -1.73. The molecule has 94 valence electrons. The molecule has 0 radical (unpaired) electrons. The van der Waals surface area contributed by atoms with Crippen LogP contribution in [0, 0.1) is 0 Å². The maximum absolute atomic E-state index is 10.2. The van der Waals surface area contributed by atoms with E-state index in [9.17, 15) is 14.7 Å². The van der Waals surface area contributed by atoms with E-state index < -0.39 is 18.2 Å². The van der Waals surface area contributed by atoms with Crippen LogP contribution >= 0.6 is 0 Å². The molecule has 1 atom stereocenters. The highest BCUT2D eigenvalue weighted by atomic mass is 16.4. The van der Waals surface area contributed by atoms with Gasteiger partial charge in [0.25, 0.3) is 0 Å². The fraction of sp³-hybridized carbons (Fsp3) is 0.800. The number of rotatable bonds is 10. The van der Waals surface area contributed by atoms with Crippen LogP contribution in [0.15, 0.2) is 0 Å². The monoisotopic (exact) mass is 233 g/mol. The molecule has 0 aliphatic rings. The molecule has 16 heavy (non-hydrogen) atoms. The Morgan fingerprint density at radius 2 is 1.62 bits per heavy atom. The molecular formula is C10H19NO5. The van der Waals surface area contributed by atoms with Crippen molar-refractivity contribution >= 4 is 11.9 Å². The van der Waals surface area contributed by atoms with Crippen LogP contribution in [0.3, 0.4) is 0 Å². The number of aliphatic carboxylic acids is 2. The molecule has 0 aliphatic heterocycles. The molecule has 0 rings (SSSR count). The maximum atomic E-state index is 10.2. The van der Waals surface area contributed by atoms with Crippen LogP contribution < -0.4 is 5.32 Å². The molecule has 0 spiro atoms. The number of unbranched alkanes of at least 4 members (excludes halogenated alkanes) is 2. The van der Waals surface area contributed by atoms with Gasteiger partial charge in [0.05, 0.1) is 0 Å². The summed E-state index contributed by atoms with van der Waals surface area (Å²) >= 11 is 0. The fourth-order valence-corrected chi connectivity index (χ4v) is 1.21. The highest BCUT2D eigenvalue weighted by molar-refractivity contribution is 5.66. The average molecular weight is 233 g/mol. The summed E-state index contributed by atoms with van der Waals surface area (Å²) in [6, 6.07) is 0. The Morgan fingerprint density at radius 3 is 2.19 bits per heavy atom. The lowest BCUT2D eigenvalue weighted by Crippen LogP contribution is -2.30. The lowest BCUT2D eigenvalue weighted by molar-refractivity contribution is -0.138.